The van der Waals surface area contributed by atoms with Crippen LogP contribution in [0.2, 0.25) is 0 Å². The van der Waals surface area contributed by atoms with Gasteiger partial charge >= 0.3 is 0 Å². The van der Waals surface area contributed by atoms with Crippen molar-refractivity contribution in [1.82, 2.24) is 15.3 Å². The number of nitrogens with one attached hydrogen (secondary N) is 1. The van der Waals surface area contributed by atoms with E-state index in [2.05, 4.69) is 15.3 Å². The van der Waals surface area contributed by atoms with Crippen molar-refractivity contribution in [2.75, 3.05) is 7.11 Å². The number of methoxy groups -OCH3 is 1. The van der Waals surface area contributed by atoms with Gasteiger partial charge in [0.25, 0.3) is 0 Å². The lowest BCUT2D eigenvalue weighted by Gasteiger charge is -2.24. The molecule has 0 aliphatic carbocycles. The van der Waals surface area contributed by atoms with Gasteiger partial charge in [0.2, 0.25) is 0 Å². The quantitative estimate of drug-likeness (QED) is 0.853. The van der Waals surface area contributed by atoms with E-state index in [1.807, 2.05) is 38.1 Å². The minimum Gasteiger partial charge on any atom is -0.497 e. The molecular formula is C16H21N3O2. The molecule has 0 amide bonds. The number of aliphatic hydroxyl groups is 1. The Hall–Kier alpha value is -1.98. The van der Waals surface area contributed by atoms with Crippen LogP contribution in [0.1, 0.15) is 37.3 Å². The van der Waals surface area contributed by atoms with Gasteiger partial charge in [0.1, 0.15) is 5.75 Å². The largest absolute Gasteiger partial charge is 0.497 e. The van der Waals surface area contributed by atoms with E-state index in [-0.39, 0.29) is 12.1 Å². The molecule has 0 bridgehead atoms. The van der Waals surface area contributed by atoms with Crippen molar-refractivity contribution < 1.29 is 9.84 Å². The highest BCUT2D eigenvalue weighted by molar-refractivity contribution is 5.29. The van der Waals surface area contributed by atoms with Crippen LogP contribution in [0.25, 0.3) is 0 Å². The first-order valence-corrected chi connectivity index (χ1v) is 6.95. The zero-order valence-electron chi connectivity index (χ0n) is 12.5. The van der Waals surface area contributed by atoms with E-state index in [1.165, 1.54) is 0 Å². The van der Waals surface area contributed by atoms with Gasteiger partial charge in [0, 0.05) is 30.7 Å². The predicted octanol–water partition coefficient (Wildman–Crippen LogP) is 2.26. The molecule has 0 spiro atoms. The molecule has 2 rings (SSSR count). The van der Waals surface area contributed by atoms with Crippen LogP contribution in [0.3, 0.4) is 0 Å². The Morgan fingerprint density at radius 1 is 1.14 bits per heavy atom. The van der Waals surface area contributed by atoms with Crippen LogP contribution in [0.15, 0.2) is 42.9 Å². The van der Waals surface area contributed by atoms with E-state index in [0.29, 0.717) is 0 Å². The number of hydrogen-bond acceptors (Lipinski definition) is 5. The first kappa shape index (κ1) is 15.4. The average Bonchev–Trinajstić information content (AvgIpc) is 2.55. The van der Waals surface area contributed by atoms with Crippen LogP contribution in [0, 0.1) is 0 Å². The molecule has 0 radical (unpaired) electrons. The summed E-state index contributed by atoms with van der Waals surface area (Å²) in [4.78, 5) is 8.32. The summed E-state index contributed by atoms with van der Waals surface area (Å²) in [6, 6.07) is 7.33. The molecule has 21 heavy (non-hydrogen) atoms. The Labute approximate surface area is 125 Å². The third-order valence-electron chi connectivity index (χ3n) is 3.47. The first-order valence-electron chi connectivity index (χ1n) is 6.95. The average molecular weight is 287 g/mol. The summed E-state index contributed by atoms with van der Waals surface area (Å²) in [5.74, 6) is 0.777. The van der Waals surface area contributed by atoms with Crippen molar-refractivity contribution in [2.24, 2.45) is 0 Å². The number of hydrogen-bond donors (Lipinski definition) is 2. The molecule has 2 aromatic rings. The lowest BCUT2D eigenvalue weighted by molar-refractivity contribution is 0.130. The van der Waals surface area contributed by atoms with E-state index in [0.717, 1.165) is 17.0 Å². The lowest BCUT2D eigenvalue weighted by atomic mass is 10.0. The maximum atomic E-state index is 10.4. The molecule has 5 nitrogen and oxygen atoms in total. The molecule has 0 aliphatic rings. The molecule has 0 fully saturated rings. The smallest absolute Gasteiger partial charge is 0.118 e. The standard InChI is InChI=1S/C16H21N3O2/c1-11(15-10-17-8-9-18-15)19-12(2)16(20)13-4-6-14(21-3)7-5-13/h4-12,16,19-20H,1-3H3/t11-,12+,16-/m1/s1. The molecule has 0 aliphatic heterocycles. The highest BCUT2D eigenvalue weighted by Crippen LogP contribution is 2.21. The predicted molar refractivity (Wildman–Crippen MR) is 81.0 cm³/mol. The molecule has 1 aromatic carbocycles. The van der Waals surface area contributed by atoms with Gasteiger partial charge < -0.3 is 15.2 Å². The fourth-order valence-electron chi connectivity index (χ4n) is 2.19. The number of ether oxygens (including phenoxy) is 1. The highest BCUT2D eigenvalue weighted by Gasteiger charge is 2.19. The molecule has 1 heterocycles. The number of rotatable bonds is 6. The van der Waals surface area contributed by atoms with Crippen LogP contribution in [-0.2, 0) is 0 Å². The molecule has 0 saturated carbocycles. The monoisotopic (exact) mass is 287 g/mol. The molecule has 5 heteroatoms. The third kappa shape index (κ3) is 4.00. The van der Waals surface area contributed by atoms with Gasteiger partial charge in [-0.05, 0) is 31.5 Å². The minimum atomic E-state index is -0.602. The Bertz CT molecular complexity index is 545. The summed E-state index contributed by atoms with van der Waals surface area (Å²) < 4.78 is 5.12. The van der Waals surface area contributed by atoms with Gasteiger partial charge in [-0.2, -0.15) is 0 Å². The van der Waals surface area contributed by atoms with E-state index in [4.69, 9.17) is 4.74 Å². The fraction of sp³-hybridized carbons (Fsp3) is 0.375. The summed E-state index contributed by atoms with van der Waals surface area (Å²) in [6.45, 7) is 3.95. The van der Waals surface area contributed by atoms with Crippen molar-refractivity contribution in [3.05, 3.63) is 54.1 Å². The van der Waals surface area contributed by atoms with Gasteiger partial charge in [-0.1, -0.05) is 12.1 Å². The normalized spacial score (nSPS) is 15.2. The summed E-state index contributed by atoms with van der Waals surface area (Å²) in [7, 11) is 1.62. The minimum absolute atomic E-state index is 0.0154. The molecule has 0 unspecified atom stereocenters. The second-order valence-electron chi connectivity index (χ2n) is 5.03. The van der Waals surface area contributed by atoms with Crippen LogP contribution in [-0.4, -0.2) is 28.2 Å². The van der Waals surface area contributed by atoms with Crippen LogP contribution < -0.4 is 10.1 Å². The van der Waals surface area contributed by atoms with Crippen molar-refractivity contribution in [1.29, 1.82) is 0 Å². The summed E-state index contributed by atoms with van der Waals surface area (Å²) in [5.41, 5.74) is 1.70. The Balaban J connectivity index is 2.00. The molecule has 1 aromatic heterocycles. The van der Waals surface area contributed by atoms with Gasteiger partial charge in [-0.15, -0.1) is 0 Å². The van der Waals surface area contributed by atoms with Crippen molar-refractivity contribution >= 4 is 0 Å². The maximum absolute atomic E-state index is 10.4. The Morgan fingerprint density at radius 3 is 2.43 bits per heavy atom. The number of nitrogens with zero attached hydrogens (tertiary/aromatic N) is 2. The maximum Gasteiger partial charge on any atom is 0.118 e. The second-order valence-corrected chi connectivity index (χ2v) is 5.03. The molecular weight excluding hydrogens is 266 g/mol. The summed E-state index contributed by atoms with van der Waals surface area (Å²) in [5, 5.41) is 13.7. The van der Waals surface area contributed by atoms with Crippen LogP contribution >= 0.6 is 0 Å². The van der Waals surface area contributed by atoms with Gasteiger partial charge in [0.05, 0.1) is 18.9 Å². The second kappa shape index (κ2) is 7.15. The highest BCUT2D eigenvalue weighted by atomic mass is 16.5. The number of aliphatic hydroxyl groups excluding tert-OH is 1. The van der Waals surface area contributed by atoms with Crippen molar-refractivity contribution in [3.63, 3.8) is 0 Å². The summed E-state index contributed by atoms with van der Waals surface area (Å²) in [6.07, 6.45) is 4.43. The molecule has 0 saturated heterocycles. The third-order valence-corrected chi connectivity index (χ3v) is 3.47. The molecule has 112 valence electrons. The Kier molecular flexibility index (Phi) is 5.25. The SMILES string of the molecule is COc1ccc([C@H](O)[C@H](C)N[C@H](C)c2cnccn2)cc1. The van der Waals surface area contributed by atoms with Crippen LogP contribution in [0.4, 0.5) is 0 Å². The van der Waals surface area contributed by atoms with Crippen molar-refractivity contribution in [2.45, 2.75) is 32.0 Å². The van der Waals surface area contributed by atoms with E-state index < -0.39 is 6.10 Å². The van der Waals surface area contributed by atoms with Gasteiger partial charge in [0.15, 0.2) is 0 Å². The van der Waals surface area contributed by atoms with E-state index in [9.17, 15) is 5.11 Å². The van der Waals surface area contributed by atoms with Crippen LogP contribution in [0.5, 0.6) is 5.75 Å². The van der Waals surface area contributed by atoms with Gasteiger partial charge in [-0.3, -0.25) is 9.97 Å². The molecule has 2 N–H and O–H groups in total. The fourth-order valence-corrected chi connectivity index (χ4v) is 2.19. The zero-order valence-corrected chi connectivity index (χ0v) is 12.5. The Morgan fingerprint density at radius 2 is 1.86 bits per heavy atom. The summed E-state index contributed by atoms with van der Waals surface area (Å²) >= 11 is 0. The lowest BCUT2D eigenvalue weighted by Crippen LogP contribution is -2.34. The first-order chi connectivity index (χ1) is 10.1. The van der Waals surface area contributed by atoms with Crippen molar-refractivity contribution in [3.8, 4) is 5.75 Å². The van der Waals surface area contributed by atoms with E-state index >= 15 is 0 Å². The zero-order chi connectivity index (χ0) is 15.2. The number of aromatic nitrogens is 2. The number of benzene rings is 1. The van der Waals surface area contributed by atoms with Gasteiger partial charge in [-0.25, -0.2) is 0 Å². The topological polar surface area (TPSA) is 67.3 Å². The van der Waals surface area contributed by atoms with E-state index in [1.54, 1.807) is 25.7 Å². The molecule has 3 atom stereocenters.